The molecule has 0 saturated carbocycles. The van der Waals surface area contributed by atoms with Crippen LogP contribution in [-0.4, -0.2) is 37.4 Å². The molecule has 0 radical (unpaired) electrons. The highest BCUT2D eigenvalue weighted by atomic mass is 16.3. The summed E-state index contributed by atoms with van der Waals surface area (Å²) in [5, 5.41) is 15.5. The van der Waals surface area contributed by atoms with Crippen molar-refractivity contribution < 1.29 is 5.11 Å². The number of benzene rings is 1. The standard InChI is InChI=1S/C14H22N2O/c1-13(17)12-16-11-10-15-9-5-8-14-6-3-2-4-7-14/h2-8,13,15-17H,9-12H2,1H3/b8-5+. The van der Waals surface area contributed by atoms with Crippen LogP contribution in [0.15, 0.2) is 36.4 Å². The molecule has 0 spiro atoms. The lowest BCUT2D eigenvalue weighted by Gasteiger charge is -2.06. The molecular formula is C14H22N2O. The lowest BCUT2D eigenvalue weighted by atomic mass is 10.2. The first-order valence-electron chi connectivity index (χ1n) is 6.10. The molecule has 17 heavy (non-hydrogen) atoms. The van der Waals surface area contributed by atoms with Crippen LogP contribution in [0.5, 0.6) is 0 Å². The third-order valence-corrected chi connectivity index (χ3v) is 2.29. The highest BCUT2D eigenvalue weighted by Crippen LogP contribution is 1.99. The molecule has 1 unspecified atom stereocenters. The molecule has 0 saturated heterocycles. The highest BCUT2D eigenvalue weighted by molar-refractivity contribution is 5.48. The van der Waals surface area contributed by atoms with E-state index >= 15 is 0 Å². The van der Waals surface area contributed by atoms with E-state index in [2.05, 4.69) is 34.9 Å². The Labute approximate surface area is 104 Å². The largest absolute Gasteiger partial charge is 0.392 e. The molecule has 1 aromatic rings. The van der Waals surface area contributed by atoms with Gasteiger partial charge >= 0.3 is 0 Å². The zero-order chi connectivity index (χ0) is 12.3. The first-order chi connectivity index (χ1) is 8.29. The normalized spacial score (nSPS) is 13.1. The van der Waals surface area contributed by atoms with Crippen molar-refractivity contribution in [1.29, 1.82) is 0 Å². The van der Waals surface area contributed by atoms with E-state index in [0.29, 0.717) is 6.54 Å². The third kappa shape index (κ3) is 7.69. The minimum absolute atomic E-state index is 0.270. The molecule has 0 heterocycles. The Morgan fingerprint density at radius 2 is 1.88 bits per heavy atom. The summed E-state index contributed by atoms with van der Waals surface area (Å²) in [6.07, 6.45) is 3.95. The fraction of sp³-hybridized carbons (Fsp3) is 0.429. The minimum Gasteiger partial charge on any atom is -0.392 e. The summed E-state index contributed by atoms with van der Waals surface area (Å²) in [6.45, 7) is 5.09. The van der Waals surface area contributed by atoms with Crippen LogP contribution in [0, 0.1) is 0 Å². The van der Waals surface area contributed by atoms with Crippen LogP contribution < -0.4 is 10.6 Å². The number of aliphatic hydroxyl groups is 1. The van der Waals surface area contributed by atoms with Crippen molar-refractivity contribution in [2.75, 3.05) is 26.2 Å². The second kappa shape index (κ2) is 8.93. The monoisotopic (exact) mass is 234 g/mol. The average Bonchev–Trinajstić information content (AvgIpc) is 2.33. The summed E-state index contributed by atoms with van der Waals surface area (Å²) < 4.78 is 0. The third-order valence-electron chi connectivity index (χ3n) is 2.29. The first-order valence-corrected chi connectivity index (χ1v) is 6.10. The summed E-state index contributed by atoms with van der Waals surface area (Å²) in [7, 11) is 0. The van der Waals surface area contributed by atoms with Gasteiger partial charge in [-0.25, -0.2) is 0 Å². The molecule has 0 bridgehead atoms. The summed E-state index contributed by atoms with van der Waals surface area (Å²) in [6, 6.07) is 10.3. The van der Waals surface area contributed by atoms with E-state index in [9.17, 15) is 0 Å². The van der Waals surface area contributed by atoms with Crippen molar-refractivity contribution in [3.8, 4) is 0 Å². The van der Waals surface area contributed by atoms with E-state index in [1.54, 1.807) is 6.92 Å². The predicted octanol–water partition coefficient (Wildman–Crippen LogP) is 1.26. The zero-order valence-electron chi connectivity index (χ0n) is 10.4. The van der Waals surface area contributed by atoms with Crippen LogP contribution in [0.1, 0.15) is 12.5 Å². The van der Waals surface area contributed by atoms with Gasteiger partial charge in [-0.15, -0.1) is 0 Å². The molecule has 0 fully saturated rings. The van der Waals surface area contributed by atoms with Crippen LogP contribution >= 0.6 is 0 Å². The van der Waals surface area contributed by atoms with Gasteiger partial charge in [-0.3, -0.25) is 0 Å². The summed E-state index contributed by atoms with van der Waals surface area (Å²) in [4.78, 5) is 0. The molecule has 94 valence electrons. The van der Waals surface area contributed by atoms with E-state index in [1.807, 2.05) is 18.2 Å². The van der Waals surface area contributed by atoms with Gasteiger partial charge in [0.15, 0.2) is 0 Å². The number of aliphatic hydroxyl groups excluding tert-OH is 1. The van der Waals surface area contributed by atoms with E-state index in [-0.39, 0.29) is 6.10 Å². The Kier molecular flexibility index (Phi) is 7.30. The van der Waals surface area contributed by atoms with Crippen molar-refractivity contribution in [2.45, 2.75) is 13.0 Å². The van der Waals surface area contributed by atoms with Gasteiger partial charge in [0.05, 0.1) is 6.10 Å². The fourth-order valence-corrected chi connectivity index (χ4v) is 1.43. The molecule has 1 aromatic carbocycles. The van der Waals surface area contributed by atoms with Crippen LogP contribution in [0.25, 0.3) is 6.08 Å². The number of rotatable bonds is 8. The Hall–Kier alpha value is -1.16. The van der Waals surface area contributed by atoms with Crippen molar-refractivity contribution >= 4 is 6.08 Å². The van der Waals surface area contributed by atoms with Gasteiger partial charge in [-0.05, 0) is 12.5 Å². The van der Waals surface area contributed by atoms with Crippen LogP contribution in [-0.2, 0) is 0 Å². The smallest absolute Gasteiger partial charge is 0.0636 e. The average molecular weight is 234 g/mol. The summed E-state index contributed by atoms with van der Waals surface area (Å²) in [5.41, 5.74) is 1.22. The number of hydrogen-bond donors (Lipinski definition) is 3. The Bertz CT molecular complexity index is 309. The lowest BCUT2D eigenvalue weighted by molar-refractivity contribution is 0.191. The van der Waals surface area contributed by atoms with Crippen molar-refractivity contribution in [3.63, 3.8) is 0 Å². The summed E-state index contributed by atoms with van der Waals surface area (Å²) in [5.74, 6) is 0. The van der Waals surface area contributed by atoms with Crippen molar-refractivity contribution in [3.05, 3.63) is 42.0 Å². The van der Waals surface area contributed by atoms with Gasteiger partial charge < -0.3 is 15.7 Å². The van der Waals surface area contributed by atoms with Gasteiger partial charge in [0.1, 0.15) is 0 Å². The van der Waals surface area contributed by atoms with E-state index in [4.69, 9.17) is 5.11 Å². The van der Waals surface area contributed by atoms with Crippen LogP contribution in [0.3, 0.4) is 0 Å². The van der Waals surface area contributed by atoms with Gasteiger partial charge in [0.2, 0.25) is 0 Å². The first kappa shape index (κ1) is 13.9. The molecular weight excluding hydrogens is 212 g/mol. The topological polar surface area (TPSA) is 44.3 Å². The van der Waals surface area contributed by atoms with Crippen molar-refractivity contribution in [2.24, 2.45) is 0 Å². The molecule has 0 aliphatic heterocycles. The van der Waals surface area contributed by atoms with Gasteiger partial charge in [0.25, 0.3) is 0 Å². The Morgan fingerprint density at radius 3 is 2.59 bits per heavy atom. The predicted molar refractivity (Wildman–Crippen MR) is 72.9 cm³/mol. The molecule has 3 nitrogen and oxygen atoms in total. The second-order valence-electron chi connectivity index (χ2n) is 4.07. The van der Waals surface area contributed by atoms with Crippen molar-refractivity contribution in [1.82, 2.24) is 10.6 Å². The van der Waals surface area contributed by atoms with Gasteiger partial charge in [-0.2, -0.15) is 0 Å². The van der Waals surface area contributed by atoms with Gasteiger partial charge in [-0.1, -0.05) is 42.5 Å². The Balaban J connectivity index is 1.99. The molecule has 0 aliphatic carbocycles. The fourth-order valence-electron chi connectivity index (χ4n) is 1.43. The quantitative estimate of drug-likeness (QED) is 0.593. The van der Waals surface area contributed by atoms with Crippen LogP contribution in [0.4, 0.5) is 0 Å². The Morgan fingerprint density at radius 1 is 1.18 bits per heavy atom. The molecule has 0 aliphatic rings. The summed E-state index contributed by atoms with van der Waals surface area (Å²) >= 11 is 0. The maximum Gasteiger partial charge on any atom is 0.0636 e. The maximum absolute atomic E-state index is 9.03. The zero-order valence-corrected chi connectivity index (χ0v) is 10.4. The second-order valence-corrected chi connectivity index (χ2v) is 4.07. The van der Waals surface area contributed by atoms with E-state index in [1.165, 1.54) is 5.56 Å². The molecule has 1 rings (SSSR count). The van der Waals surface area contributed by atoms with E-state index in [0.717, 1.165) is 19.6 Å². The van der Waals surface area contributed by atoms with E-state index < -0.39 is 0 Å². The molecule has 3 heteroatoms. The molecule has 3 N–H and O–H groups in total. The minimum atomic E-state index is -0.270. The SMILES string of the molecule is CC(O)CNCCNC/C=C/c1ccccc1. The number of hydrogen-bond acceptors (Lipinski definition) is 3. The van der Waals surface area contributed by atoms with Crippen LogP contribution in [0.2, 0.25) is 0 Å². The number of nitrogens with one attached hydrogen (secondary N) is 2. The lowest BCUT2D eigenvalue weighted by Crippen LogP contribution is -2.31. The molecule has 0 aromatic heterocycles. The maximum atomic E-state index is 9.03. The molecule has 1 atom stereocenters. The highest BCUT2D eigenvalue weighted by Gasteiger charge is 1.92. The van der Waals surface area contributed by atoms with Gasteiger partial charge in [0, 0.05) is 26.2 Å². The molecule has 0 amide bonds.